The summed E-state index contributed by atoms with van der Waals surface area (Å²) in [6.45, 7) is 0. The Morgan fingerprint density at radius 2 is 1.62 bits per heavy atom. The molecule has 0 saturated carbocycles. The maximum absolute atomic E-state index is 13.9. The van der Waals surface area contributed by atoms with Gasteiger partial charge in [-0.2, -0.15) is 0 Å². The Morgan fingerprint density at radius 3 is 2.41 bits per heavy atom. The van der Waals surface area contributed by atoms with E-state index < -0.39 is 11.9 Å². The summed E-state index contributed by atoms with van der Waals surface area (Å²) in [5.41, 5.74) is 3.78. The molecule has 1 atom stereocenters. The third kappa shape index (κ3) is 4.21. The zero-order valence-electron chi connectivity index (χ0n) is 15.8. The van der Waals surface area contributed by atoms with Gasteiger partial charge in [-0.25, -0.2) is 4.39 Å². The first-order valence-corrected chi connectivity index (χ1v) is 9.61. The molecule has 0 amide bonds. The van der Waals surface area contributed by atoms with Crippen LogP contribution in [-0.2, 0) is 22.4 Å². The predicted molar refractivity (Wildman–Crippen MR) is 111 cm³/mol. The summed E-state index contributed by atoms with van der Waals surface area (Å²) in [6, 6.07) is 22.8. The number of Topliss-reactive ketones (excluding diaryl/α,β-unsaturated/α-hetero) is 2. The van der Waals surface area contributed by atoms with Crippen LogP contribution in [0.4, 0.5) is 4.39 Å². The molecule has 0 saturated heterocycles. The van der Waals surface area contributed by atoms with Crippen molar-refractivity contribution in [2.45, 2.75) is 25.3 Å². The summed E-state index contributed by atoms with van der Waals surface area (Å²) in [5.74, 6) is -0.699. The van der Waals surface area contributed by atoms with Gasteiger partial charge in [-0.3, -0.25) is 14.6 Å². The van der Waals surface area contributed by atoms with E-state index in [-0.39, 0.29) is 30.8 Å². The van der Waals surface area contributed by atoms with E-state index in [9.17, 15) is 14.0 Å². The first-order chi connectivity index (χ1) is 14.1. The first kappa shape index (κ1) is 18.9. The number of aliphatic imine (C=N–C) groups is 1. The van der Waals surface area contributed by atoms with Gasteiger partial charge in [-0.1, -0.05) is 72.8 Å². The maximum Gasteiger partial charge on any atom is 0.162 e. The van der Waals surface area contributed by atoms with Crippen LogP contribution in [0.3, 0.4) is 0 Å². The molecule has 1 aliphatic rings. The number of carbonyl (C=O) groups excluding carboxylic acids is 2. The number of benzene rings is 3. The number of rotatable bonds is 5. The van der Waals surface area contributed by atoms with Crippen molar-refractivity contribution in [3.63, 3.8) is 0 Å². The molecule has 3 aromatic carbocycles. The smallest absolute Gasteiger partial charge is 0.162 e. The minimum Gasteiger partial charge on any atom is -0.299 e. The minimum absolute atomic E-state index is 0.0303. The highest BCUT2D eigenvalue weighted by molar-refractivity contribution is 6.16. The number of ketones is 2. The van der Waals surface area contributed by atoms with Gasteiger partial charge in [0, 0.05) is 30.4 Å². The van der Waals surface area contributed by atoms with Crippen LogP contribution in [0, 0.1) is 5.82 Å². The topological polar surface area (TPSA) is 46.5 Å². The molecule has 0 spiro atoms. The molecule has 1 heterocycles. The summed E-state index contributed by atoms with van der Waals surface area (Å²) in [5, 5.41) is 0. The quantitative estimate of drug-likeness (QED) is 0.655. The second-order valence-electron chi connectivity index (χ2n) is 7.17. The fourth-order valence-corrected chi connectivity index (χ4v) is 3.64. The summed E-state index contributed by atoms with van der Waals surface area (Å²) in [4.78, 5) is 30.2. The lowest BCUT2D eigenvalue weighted by Gasteiger charge is -2.11. The second-order valence-corrected chi connectivity index (χ2v) is 7.17. The van der Waals surface area contributed by atoms with Crippen molar-refractivity contribution >= 4 is 17.3 Å². The Balaban J connectivity index is 1.66. The average Bonchev–Trinajstić information content (AvgIpc) is 2.87. The molecule has 1 aliphatic heterocycles. The largest absolute Gasteiger partial charge is 0.299 e. The Labute approximate surface area is 168 Å². The highest BCUT2D eigenvalue weighted by atomic mass is 19.1. The number of carbonyl (C=O) groups is 2. The van der Waals surface area contributed by atoms with Crippen molar-refractivity contribution in [2.24, 2.45) is 4.99 Å². The van der Waals surface area contributed by atoms with E-state index in [1.165, 1.54) is 6.07 Å². The van der Waals surface area contributed by atoms with Crippen LogP contribution < -0.4 is 0 Å². The molecule has 29 heavy (non-hydrogen) atoms. The van der Waals surface area contributed by atoms with E-state index in [1.54, 1.807) is 18.2 Å². The van der Waals surface area contributed by atoms with Crippen molar-refractivity contribution in [3.05, 3.63) is 107 Å². The molecule has 0 aromatic heterocycles. The van der Waals surface area contributed by atoms with Crippen molar-refractivity contribution in [2.75, 3.05) is 0 Å². The lowest BCUT2D eigenvalue weighted by Crippen LogP contribution is -2.24. The Bertz CT molecular complexity index is 1090. The van der Waals surface area contributed by atoms with Crippen LogP contribution in [0.15, 0.2) is 83.9 Å². The summed E-state index contributed by atoms with van der Waals surface area (Å²) in [6.07, 6.45) is 0.157. The molecule has 0 bridgehead atoms. The van der Waals surface area contributed by atoms with Gasteiger partial charge < -0.3 is 0 Å². The van der Waals surface area contributed by atoms with Gasteiger partial charge in [0.05, 0.1) is 5.71 Å². The fraction of sp³-hybridized carbons (Fsp3) is 0.160. The van der Waals surface area contributed by atoms with Gasteiger partial charge in [-0.05, 0) is 17.2 Å². The molecule has 3 aromatic rings. The zero-order valence-corrected chi connectivity index (χ0v) is 15.8. The Morgan fingerprint density at radius 1 is 0.931 bits per heavy atom. The average molecular weight is 385 g/mol. The SMILES string of the molecule is O=C(Cc1ccccc1F)C[C@H]1N=C(c2ccccc2)c2ccccc2CC1=O. The molecular formula is C25H20FNO2. The van der Waals surface area contributed by atoms with Crippen LogP contribution >= 0.6 is 0 Å². The predicted octanol–water partition coefficient (Wildman–Crippen LogP) is 4.36. The van der Waals surface area contributed by atoms with E-state index in [0.29, 0.717) is 5.56 Å². The molecule has 0 fully saturated rings. The van der Waals surface area contributed by atoms with E-state index >= 15 is 0 Å². The van der Waals surface area contributed by atoms with Crippen LogP contribution in [0.2, 0.25) is 0 Å². The second kappa shape index (κ2) is 8.31. The zero-order chi connectivity index (χ0) is 20.2. The monoisotopic (exact) mass is 385 g/mol. The normalized spacial score (nSPS) is 16.0. The third-order valence-electron chi connectivity index (χ3n) is 5.11. The number of fused-ring (bicyclic) bond motifs is 1. The van der Waals surface area contributed by atoms with Crippen LogP contribution in [0.5, 0.6) is 0 Å². The van der Waals surface area contributed by atoms with Gasteiger partial charge in [0.1, 0.15) is 17.6 Å². The molecule has 144 valence electrons. The van der Waals surface area contributed by atoms with E-state index in [4.69, 9.17) is 4.99 Å². The van der Waals surface area contributed by atoms with E-state index in [0.717, 1.165) is 22.4 Å². The Hall–Kier alpha value is -3.40. The van der Waals surface area contributed by atoms with Gasteiger partial charge in [0.15, 0.2) is 5.78 Å². The Kier molecular flexibility index (Phi) is 5.43. The number of hydrogen-bond donors (Lipinski definition) is 0. The van der Waals surface area contributed by atoms with Crippen LogP contribution in [0.1, 0.15) is 28.7 Å². The van der Waals surface area contributed by atoms with Crippen molar-refractivity contribution in [1.29, 1.82) is 0 Å². The maximum atomic E-state index is 13.9. The molecule has 0 unspecified atom stereocenters. The van der Waals surface area contributed by atoms with Gasteiger partial charge in [-0.15, -0.1) is 0 Å². The third-order valence-corrected chi connectivity index (χ3v) is 5.11. The van der Waals surface area contributed by atoms with Gasteiger partial charge in [0.2, 0.25) is 0 Å². The molecule has 4 rings (SSSR count). The molecule has 0 radical (unpaired) electrons. The number of hydrogen-bond acceptors (Lipinski definition) is 3. The first-order valence-electron chi connectivity index (χ1n) is 9.61. The summed E-state index contributed by atoms with van der Waals surface area (Å²) >= 11 is 0. The lowest BCUT2D eigenvalue weighted by atomic mass is 9.95. The molecule has 0 aliphatic carbocycles. The van der Waals surface area contributed by atoms with Crippen molar-refractivity contribution < 1.29 is 14.0 Å². The summed E-state index contributed by atoms with van der Waals surface area (Å²) in [7, 11) is 0. The van der Waals surface area contributed by atoms with Crippen LogP contribution in [-0.4, -0.2) is 23.3 Å². The molecule has 4 heteroatoms. The lowest BCUT2D eigenvalue weighted by molar-refractivity contribution is -0.124. The molecule has 0 N–H and O–H groups in total. The van der Waals surface area contributed by atoms with Gasteiger partial charge >= 0.3 is 0 Å². The highest BCUT2D eigenvalue weighted by Gasteiger charge is 2.27. The fourth-order valence-electron chi connectivity index (χ4n) is 3.64. The van der Waals surface area contributed by atoms with Crippen molar-refractivity contribution in [1.82, 2.24) is 0 Å². The van der Waals surface area contributed by atoms with E-state index in [2.05, 4.69) is 0 Å². The van der Waals surface area contributed by atoms with Gasteiger partial charge in [0.25, 0.3) is 0 Å². The molecular weight excluding hydrogens is 365 g/mol. The number of halogens is 1. The standard InChI is InChI=1S/C25H20FNO2/c26-22-13-7-5-11-19(22)14-20(28)16-23-24(29)15-18-10-4-6-12-21(18)25(27-23)17-8-2-1-3-9-17/h1-13,23H,14-16H2/t23-/m1/s1. The summed E-state index contributed by atoms with van der Waals surface area (Å²) < 4.78 is 13.9. The highest BCUT2D eigenvalue weighted by Crippen LogP contribution is 2.23. The van der Waals surface area contributed by atoms with Crippen LogP contribution in [0.25, 0.3) is 0 Å². The minimum atomic E-state index is -0.767. The van der Waals surface area contributed by atoms with Crippen molar-refractivity contribution in [3.8, 4) is 0 Å². The number of nitrogens with zero attached hydrogens (tertiary/aromatic N) is 1. The molecule has 3 nitrogen and oxygen atoms in total. The van der Waals surface area contributed by atoms with E-state index in [1.807, 2.05) is 54.6 Å².